The topological polar surface area (TPSA) is 191 Å². The number of rotatable bonds is 13. The number of phenols is 1. The maximum Gasteiger partial charge on any atom is 0.339 e. The van der Waals surface area contributed by atoms with Crippen molar-refractivity contribution in [3.8, 4) is 17.6 Å². The van der Waals surface area contributed by atoms with Gasteiger partial charge >= 0.3 is 5.97 Å². The van der Waals surface area contributed by atoms with Gasteiger partial charge in [-0.2, -0.15) is 0 Å². The minimum Gasteiger partial charge on any atom is -0.507 e. The van der Waals surface area contributed by atoms with Gasteiger partial charge in [0, 0.05) is 34.8 Å². The van der Waals surface area contributed by atoms with Crippen LogP contribution in [0.4, 0.5) is 5.69 Å². The summed E-state index contributed by atoms with van der Waals surface area (Å²) in [5.41, 5.74) is 2.82. The standard InChI is InChI=1S/C30H28ClNO4.C7H17NO5/c31-25-14-11-23(12-15-25)6-5-22-7-9-24(10-8-22)20-32(29(34)18-13-21-3-1-2-4-21)26-16-17-28(33)27(19-26)30(35)36;1-8-2-4(10)6(12)7(13)5(11)3-9/h7-12,14-17,19,21,33H,1-4,13,18,20H2,(H,35,36);4-13H,2-3H2,1H3/t;4-,5+,6+,7+/m.0/s1. The van der Waals surface area contributed by atoms with Crippen molar-refractivity contribution in [2.45, 2.75) is 69.5 Å². The number of carbonyl (C=O) groups is 2. The van der Waals surface area contributed by atoms with Crippen molar-refractivity contribution in [3.05, 3.63) is 94.0 Å². The van der Waals surface area contributed by atoms with Gasteiger partial charge in [-0.05, 0) is 79.5 Å². The lowest BCUT2D eigenvalue weighted by Gasteiger charge is -2.25. The summed E-state index contributed by atoms with van der Waals surface area (Å²) in [6.07, 6.45) is 0.343. The molecule has 49 heavy (non-hydrogen) atoms. The molecule has 4 atom stereocenters. The van der Waals surface area contributed by atoms with Crippen LogP contribution < -0.4 is 10.2 Å². The molecular formula is C37H45ClN2O9. The molecule has 0 radical (unpaired) electrons. The third-order valence-electron chi connectivity index (χ3n) is 8.29. The molecule has 0 unspecified atom stereocenters. The molecule has 0 spiro atoms. The van der Waals surface area contributed by atoms with E-state index < -0.39 is 37.0 Å². The molecule has 0 saturated heterocycles. The number of carboxylic acid groups (broad SMARTS) is 1. The molecule has 1 saturated carbocycles. The number of hydrogen-bond donors (Lipinski definition) is 8. The molecular weight excluding hydrogens is 652 g/mol. The summed E-state index contributed by atoms with van der Waals surface area (Å²) < 4.78 is 0. The second-order valence-electron chi connectivity index (χ2n) is 12.0. The van der Waals surface area contributed by atoms with Crippen LogP contribution in [0.1, 0.15) is 65.6 Å². The van der Waals surface area contributed by atoms with Crippen molar-refractivity contribution in [2.75, 3.05) is 25.1 Å². The van der Waals surface area contributed by atoms with Gasteiger partial charge in [-0.25, -0.2) is 4.79 Å². The first-order valence-corrected chi connectivity index (χ1v) is 16.5. The Morgan fingerprint density at radius 3 is 2.02 bits per heavy atom. The Morgan fingerprint density at radius 1 is 0.898 bits per heavy atom. The zero-order valence-corrected chi connectivity index (χ0v) is 28.1. The highest BCUT2D eigenvalue weighted by atomic mass is 35.5. The number of carbonyl (C=O) groups excluding carboxylic acids is 1. The van der Waals surface area contributed by atoms with Crippen LogP contribution in [0.15, 0.2) is 66.7 Å². The monoisotopic (exact) mass is 696 g/mol. The number of aromatic carboxylic acids is 1. The number of nitrogens with zero attached hydrogens (tertiary/aromatic N) is 1. The molecule has 0 aliphatic heterocycles. The molecule has 264 valence electrons. The highest BCUT2D eigenvalue weighted by molar-refractivity contribution is 6.30. The number of carboxylic acids is 1. The maximum atomic E-state index is 13.3. The average Bonchev–Trinajstić information content (AvgIpc) is 3.63. The van der Waals surface area contributed by atoms with Crippen molar-refractivity contribution in [3.63, 3.8) is 0 Å². The van der Waals surface area contributed by atoms with E-state index in [0.717, 1.165) is 36.0 Å². The minimum absolute atomic E-state index is 0.0597. The summed E-state index contributed by atoms with van der Waals surface area (Å²) in [7, 11) is 1.57. The Labute approximate surface area is 291 Å². The fourth-order valence-electron chi connectivity index (χ4n) is 5.39. The molecule has 3 aromatic carbocycles. The van der Waals surface area contributed by atoms with Crippen molar-refractivity contribution in [1.29, 1.82) is 0 Å². The third kappa shape index (κ3) is 12.4. The largest absolute Gasteiger partial charge is 0.507 e. The lowest BCUT2D eigenvalue weighted by atomic mass is 10.0. The molecule has 1 amide bonds. The molecule has 4 rings (SSSR count). The fourth-order valence-corrected chi connectivity index (χ4v) is 5.52. The third-order valence-corrected chi connectivity index (χ3v) is 8.55. The second-order valence-corrected chi connectivity index (χ2v) is 12.4. The molecule has 1 aliphatic carbocycles. The van der Waals surface area contributed by atoms with Gasteiger partial charge < -0.3 is 46.0 Å². The van der Waals surface area contributed by atoms with Crippen molar-refractivity contribution in [2.24, 2.45) is 5.92 Å². The van der Waals surface area contributed by atoms with E-state index in [0.29, 0.717) is 23.0 Å². The number of nitrogens with one attached hydrogen (secondary N) is 1. The quantitative estimate of drug-likeness (QED) is 0.123. The molecule has 0 heterocycles. The number of anilines is 1. The van der Waals surface area contributed by atoms with E-state index >= 15 is 0 Å². The first-order valence-electron chi connectivity index (χ1n) is 16.1. The van der Waals surface area contributed by atoms with Crippen LogP contribution in [0, 0.1) is 17.8 Å². The zero-order chi connectivity index (χ0) is 35.9. The van der Waals surface area contributed by atoms with Gasteiger partial charge in [-0.15, -0.1) is 0 Å². The summed E-state index contributed by atoms with van der Waals surface area (Å²) in [6, 6.07) is 19.2. The number of likely N-dealkylation sites (N-methyl/N-ethyl adjacent to an activating group) is 1. The first-order chi connectivity index (χ1) is 23.4. The molecule has 1 aliphatic rings. The van der Waals surface area contributed by atoms with E-state index in [9.17, 15) is 24.9 Å². The number of benzene rings is 3. The Hall–Kier alpha value is -3.99. The molecule has 8 N–H and O–H groups in total. The summed E-state index contributed by atoms with van der Waals surface area (Å²) in [4.78, 5) is 26.5. The van der Waals surface area contributed by atoms with Crippen molar-refractivity contribution >= 4 is 29.2 Å². The number of aromatic hydroxyl groups is 1. The molecule has 12 heteroatoms. The van der Waals surface area contributed by atoms with Gasteiger partial charge in [-0.1, -0.05) is 61.3 Å². The van der Waals surface area contributed by atoms with Gasteiger partial charge in [0.15, 0.2) is 0 Å². The zero-order valence-electron chi connectivity index (χ0n) is 27.4. The number of aliphatic hydroxyl groups is 5. The predicted molar refractivity (Wildman–Crippen MR) is 186 cm³/mol. The molecule has 1 fully saturated rings. The van der Waals surface area contributed by atoms with Crippen LogP contribution in [0.3, 0.4) is 0 Å². The van der Waals surface area contributed by atoms with E-state index in [2.05, 4.69) is 17.2 Å². The SMILES string of the molecule is CNC[C@H](O)[C@@H](O)[C@H](O)[C@H](O)CO.O=C(O)c1cc(N(Cc2ccc(C#Cc3ccc(Cl)cc3)cc2)C(=O)CCC2CCCC2)ccc1O. The second kappa shape index (κ2) is 19.9. The lowest BCUT2D eigenvalue weighted by molar-refractivity contribution is -0.119. The number of aliphatic hydroxyl groups excluding tert-OH is 5. The van der Waals surface area contributed by atoms with Crippen molar-refractivity contribution < 1.29 is 45.3 Å². The smallest absolute Gasteiger partial charge is 0.339 e. The van der Waals surface area contributed by atoms with E-state index in [-0.39, 0.29) is 30.3 Å². The highest BCUT2D eigenvalue weighted by Crippen LogP contribution is 2.30. The first kappa shape index (κ1) is 39.4. The van der Waals surface area contributed by atoms with Gasteiger partial charge in [0.1, 0.15) is 29.6 Å². The average molecular weight is 697 g/mol. The molecule has 3 aromatic rings. The maximum absolute atomic E-state index is 13.3. The van der Waals surface area contributed by atoms with Crippen LogP contribution in [0.2, 0.25) is 5.02 Å². The summed E-state index contributed by atoms with van der Waals surface area (Å²) >= 11 is 5.92. The molecule has 0 bridgehead atoms. The number of amides is 1. The van der Waals surface area contributed by atoms with Crippen LogP contribution in [0.25, 0.3) is 0 Å². The van der Waals surface area contributed by atoms with Gasteiger partial charge in [-0.3, -0.25) is 4.79 Å². The van der Waals surface area contributed by atoms with E-state index in [1.54, 1.807) is 30.1 Å². The Morgan fingerprint density at radius 2 is 1.47 bits per heavy atom. The summed E-state index contributed by atoms with van der Waals surface area (Å²) in [5.74, 6) is 5.18. The van der Waals surface area contributed by atoms with Crippen LogP contribution in [0.5, 0.6) is 5.75 Å². The van der Waals surface area contributed by atoms with Gasteiger partial charge in [0.2, 0.25) is 5.91 Å². The Bertz CT molecular complexity index is 1550. The van der Waals surface area contributed by atoms with Gasteiger partial charge in [0.25, 0.3) is 0 Å². The number of hydrogen-bond acceptors (Lipinski definition) is 9. The molecule has 11 nitrogen and oxygen atoms in total. The predicted octanol–water partition coefficient (Wildman–Crippen LogP) is 3.29. The van der Waals surface area contributed by atoms with Crippen LogP contribution in [-0.2, 0) is 11.3 Å². The number of halogens is 1. The van der Waals surface area contributed by atoms with Crippen LogP contribution in [-0.4, -0.2) is 92.2 Å². The Balaban J connectivity index is 0.000000425. The fraction of sp³-hybridized carbons (Fsp3) is 0.405. The van der Waals surface area contributed by atoms with E-state index in [1.807, 2.05) is 36.4 Å². The Kier molecular flexibility index (Phi) is 16.0. The summed E-state index contributed by atoms with van der Waals surface area (Å²) in [6.45, 7) is -0.279. The van der Waals surface area contributed by atoms with E-state index in [1.165, 1.54) is 25.0 Å². The highest BCUT2D eigenvalue weighted by Gasteiger charge is 2.29. The summed E-state index contributed by atoms with van der Waals surface area (Å²) in [5, 5.41) is 67.5. The van der Waals surface area contributed by atoms with E-state index in [4.69, 9.17) is 32.0 Å². The lowest BCUT2D eigenvalue weighted by Crippen LogP contribution is -2.48. The minimum atomic E-state index is -1.55. The normalized spacial score (nSPS) is 15.2. The van der Waals surface area contributed by atoms with Gasteiger partial charge in [0.05, 0.1) is 19.3 Å². The van der Waals surface area contributed by atoms with Crippen LogP contribution >= 0.6 is 11.6 Å². The van der Waals surface area contributed by atoms with Crippen molar-refractivity contribution in [1.82, 2.24) is 5.32 Å². The molecule has 0 aromatic heterocycles.